The van der Waals surface area contributed by atoms with Gasteiger partial charge in [-0.2, -0.15) is 0 Å². The molecule has 0 saturated carbocycles. The highest BCUT2D eigenvalue weighted by Gasteiger charge is 2.35. The van der Waals surface area contributed by atoms with Gasteiger partial charge in [-0.3, -0.25) is 9.36 Å². The number of allylic oxidation sites excluding steroid dienone is 1. The van der Waals surface area contributed by atoms with Crippen LogP contribution < -0.4 is 19.6 Å². The van der Waals surface area contributed by atoms with Gasteiger partial charge in [0.05, 0.1) is 32.6 Å². The largest absolute Gasteiger partial charge is 0.506 e. The Bertz CT molecular complexity index is 1590. The molecule has 188 valence electrons. The summed E-state index contributed by atoms with van der Waals surface area (Å²) < 4.78 is 15.4. The first kappa shape index (κ1) is 27.3. The molecular formula is C25H21BrI2N2O5S. The Kier molecular flexibility index (Phi) is 8.32. The fourth-order valence-electron chi connectivity index (χ4n) is 3.91. The Morgan fingerprint density at radius 3 is 2.67 bits per heavy atom. The van der Waals surface area contributed by atoms with Crippen LogP contribution in [0.25, 0.3) is 6.08 Å². The van der Waals surface area contributed by atoms with Crippen LogP contribution in [0.5, 0.6) is 11.5 Å². The van der Waals surface area contributed by atoms with E-state index in [1.807, 2.05) is 24.3 Å². The number of thiazole rings is 1. The number of phenolic OH excluding ortho intramolecular Hbond substituents is 1. The smallest absolute Gasteiger partial charge is 0.338 e. The highest BCUT2D eigenvalue weighted by Crippen LogP contribution is 2.37. The van der Waals surface area contributed by atoms with Gasteiger partial charge < -0.3 is 14.6 Å². The number of carbonyl (C=O) groups excluding carboxylic acids is 1. The lowest BCUT2D eigenvalue weighted by Crippen LogP contribution is -2.40. The zero-order chi connectivity index (χ0) is 26.3. The molecule has 2 aromatic carbocycles. The van der Waals surface area contributed by atoms with Crippen molar-refractivity contribution in [3.05, 3.63) is 84.0 Å². The van der Waals surface area contributed by atoms with Crippen molar-refractivity contribution in [2.45, 2.75) is 32.9 Å². The molecule has 1 aliphatic rings. The number of halogens is 3. The number of fused-ring (bicyclic) bond motifs is 1. The van der Waals surface area contributed by atoms with E-state index in [0.29, 0.717) is 35.5 Å². The number of methoxy groups -OCH3 is 1. The van der Waals surface area contributed by atoms with Crippen LogP contribution in [-0.2, 0) is 9.53 Å². The summed E-state index contributed by atoms with van der Waals surface area (Å²) in [6.07, 6.45) is 1.31. The maximum Gasteiger partial charge on any atom is 0.338 e. The quantitative estimate of drug-likeness (QED) is 0.294. The molecule has 0 spiro atoms. The number of esters is 1. The second-order valence-corrected chi connectivity index (χ2v) is 12.6. The van der Waals surface area contributed by atoms with E-state index < -0.39 is 12.0 Å². The number of aromatic nitrogens is 1. The Morgan fingerprint density at radius 2 is 2.00 bits per heavy atom. The van der Waals surface area contributed by atoms with E-state index in [1.54, 1.807) is 40.0 Å². The minimum absolute atomic E-state index is 0.101. The van der Waals surface area contributed by atoms with E-state index in [-0.39, 0.29) is 23.0 Å². The van der Waals surface area contributed by atoms with Crippen molar-refractivity contribution in [2.24, 2.45) is 4.99 Å². The van der Waals surface area contributed by atoms with Gasteiger partial charge >= 0.3 is 5.97 Å². The van der Waals surface area contributed by atoms with Crippen molar-refractivity contribution >= 4 is 84.5 Å². The maximum absolute atomic E-state index is 13.8. The molecule has 3 aromatic rings. The number of rotatable bonds is 5. The van der Waals surface area contributed by atoms with Gasteiger partial charge in [-0.25, -0.2) is 9.79 Å². The monoisotopic (exact) mass is 794 g/mol. The highest BCUT2D eigenvalue weighted by atomic mass is 127. The molecule has 7 nitrogen and oxygen atoms in total. The van der Waals surface area contributed by atoms with Crippen molar-refractivity contribution in [2.75, 3.05) is 7.11 Å². The third kappa shape index (κ3) is 5.29. The zero-order valence-electron chi connectivity index (χ0n) is 19.6. The van der Waals surface area contributed by atoms with Crippen molar-refractivity contribution in [1.82, 2.24) is 4.57 Å². The van der Waals surface area contributed by atoms with Gasteiger partial charge in [0.25, 0.3) is 5.56 Å². The minimum Gasteiger partial charge on any atom is -0.506 e. The van der Waals surface area contributed by atoms with Crippen LogP contribution in [0.4, 0.5) is 0 Å². The Labute approximate surface area is 247 Å². The molecule has 0 unspecified atom stereocenters. The second-order valence-electron chi connectivity index (χ2n) is 8.25. The summed E-state index contributed by atoms with van der Waals surface area (Å²) >= 11 is 8.93. The Balaban J connectivity index is 2.03. The van der Waals surface area contributed by atoms with Gasteiger partial charge in [0, 0.05) is 19.2 Å². The van der Waals surface area contributed by atoms with Crippen molar-refractivity contribution in [3.63, 3.8) is 0 Å². The molecule has 1 N–H and O–H groups in total. The molecule has 1 atom stereocenters. The van der Waals surface area contributed by atoms with Gasteiger partial charge in [0.2, 0.25) is 0 Å². The van der Waals surface area contributed by atoms with E-state index in [1.165, 1.54) is 15.9 Å². The summed E-state index contributed by atoms with van der Waals surface area (Å²) in [5.74, 6) is 0.0777. The van der Waals surface area contributed by atoms with E-state index in [9.17, 15) is 14.7 Å². The lowest BCUT2D eigenvalue weighted by Gasteiger charge is -2.26. The number of phenols is 1. The van der Waals surface area contributed by atoms with Gasteiger partial charge in [-0.1, -0.05) is 27.3 Å². The molecule has 0 fully saturated rings. The molecule has 1 aromatic heterocycles. The minimum atomic E-state index is -0.813. The summed E-state index contributed by atoms with van der Waals surface area (Å²) in [7, 11) is 1.54. The molecule has 2 heterocycles. The Hall–Kier alpha value is -1.71. The number of nitrogens with zero attached hydrogens (tertiary/aromatic N) is 2. The van der Waals surface area contributed by atoms with Crippen LogP contribution >= 0.6 is 72.4 Å². The average molecular weight is 795 g/mol. The predicted octanol–water partition coefficient (Wildman–Crippen LogP) is 4.87. The highest BCUT2D eigenvalue weighted by molar-refractivity contribution is 14.1. The summed E-state index contributed by atoms with van der Waals surface area (Å²) in [5.41, 5.74) is 1.55. The number of aromatic hydroxyl groups is 1. The van der Waals surface area contributed by atoms with Gasteiger partial charge in [0.15, 0.2) is 4.80 Å². The standard InChI is InChI=1S/C25H21BrI2N2O5S/c1-11(2)35-24(33)20-12(3)29-25-30(21(20)16-9-14(26)5-6-18(16)34-4)23(32)19(36-25)8-13-7-15(27)10-17(28)22(13)31/h5-11,21,31H,1-4H3/b19-8-/t21-/m1/s1. The molecule has 0 saturated heterocycles. The summed E-state index contributed by atoms with van der Waals surface area (Å²) in [6.45, 7) is 5.28. The lowest BCUT2D eigenvalue weighted by molar-refractivity contribution is -0.143. The summed E-state index contributed by atoms with van der Waals surface area (Å²) in [5, 5.41) is 10.6. The number of carbonyl (C=O) groups is 1. The first-order valence-electron chi connectivity index (χ1n) is 10.8. The van der Waals surface area contributed by atoms with E-state index in [4.69, 9.17) is 9.47 Å². The fourth-order valence-corrected chi connectivity index (χ4v) is 7.22. The second kappa shape index (κ2) is 11.0. The van der Waals surface area contributed by atoms with Crippen LogP contribution in [0.3, 0.4) is 0 Å². The van der Waals surface area contributed by atoms with Gasteiger partial charge in [-0.05, 0) is 102 Å². The van der Waals surface area contributed by atoms with Crippen LogP contribution in [0, 0.1) is 7.14 Å². The fraction of sp³-hybridized carbons (Fsp3) is 0.240. The third-order valence-electron chi connectivity index (χ3n) is 5.41. The van der Waals surface area contributed by atoms with E-state index in [2.05, 4.69) is 66.1 Å². The third-order valence-corrected chi connectivity index (χ3v) is 8.34. The van der Waals surface area contributed by atoms with Crippen molar-refractivity contribution in [1.29, 1.82) is 0 Å². The van der Waals surface area contributed by atoms with Crippen LogP contribution in [0.15, 0.2) is 55.9 Å². The SMILES string of the molecule is COc1ccc(Br)cc1[C@@H]1C(C(=O)OC(C)C)=C(C)N=c2s/c(=C\c3cc(I)cc(I)c3O)c(=O)n21. The molecular weight excluding hydrogens is 774 g/mol. The number of hydrogen-bond acceptors (Lipinski definition) is 7. The molecule has 0 aliphatic carbocycles. The number of benzene rings is 2. The average Bonchev–Trinajstić information content (AvgIpc) is 3.10. The Morgan fingerprint density at radius 1 is 1.28 bits per heavy atom. The first-order valence-corrected chi connectivity index (χ1v) is 14.5. The van der Waals surface area contributed by atoms with Gasteiger partial charge in [-0.15, -0.1) is 0 Å². The molecule has 36 heavy (non-hydrogen) atoms. The van der Waals surface area contributed by atoms with Crippen LogP contribution in [-0.4, -0.2) is 28.9 Å². The van der Waals surface area contributed by atoms with Crippen LogP contribution in [0.1, 0.15) is 37.9 Å². The number of hydrogen-bond donors (Lipinski definition) is 1. The van der Waals surface area contributed by atoms with E-state index >= 15 is 0 Å². The molecule has 0 bridgehead atoms. The molecule has 1 aliphatic heterocycles. The van der Waals surface area contributed by atoms with Crippen LogP contribution in [0.2, 0.25) is 0 Å². The molecule has 11 heteroatoms. The summed E-state index contributed by atoms with van der Waals surface area (Å²) in [4.78, 5) is 32.2. The maximum atomic E-state index is 13.8. The zero-order valence-corrected chi connectivity index (χ0v) is 26.4. The predicted molar refractivity (Wildman–Crippen MR) is 159 cm³/mol. The normalized spacial score (nSPS) is 15.7. The number of ether oxygens (including phenoxy) is 2. The topological polar surface area (TPSA) is 90.1 Å². The lowest BCUT2D eigenvalue weighted by atomic mass is 9.95. The molecule has 0 amide bonds. The van der Waals surface area contributed by atoms with E-state index in [0.717, 1.165) is 8.04 Å². The van der Waals surface area contributed by atoms with Crippen molar-refractivity contribution in [3.8, 4) is 11.5 Å². The first-order chi connectivity index (χ1) is 17.0. The molecule has 0 radical (unpaired) electrons. The summed E-state index contributed by atoms with van der Waals surface area (Å²) in [6, 6.07) is 8.28. The van der Waals surface area contributed by atoms with Gasteiger partial charge in [0.1, 0.15) is 17.5 Å². The molecule has 4 rings (SSSR count). The van der Waals surface area contributed by atoms with Crippen molar-refractivity contribution < 1.29 is 19.4 Å².